The third-order valence-electron chi connectivity index (χ3n) is 18.1. The molecule has 0 aliphatic carbocycles. The van der Waals surface area contributed by atoms with E-state index in [1.54, 1.807) is 53.0 Å². The Morgan fingerprint density at radius 1 is 0.851 bits per heavy atom. The van der Waals surface area contributed by atoms with Crippen LogP contribution in [0.1, 0.15) is 116 Å². The number of carbonyl (C=O) groups is 3. The van der Waals surface area contributed by atoms with E-state index in [2.05, 4.69) is 35.4 Å². The standard InChI is InChI=1S/C62H93N5O18S2/c1-37-26-44-12-14-49-38(2)27-46(79-49)16-17-62-33-48(70)57(85-62)54-32-55(84-62)58-50(82-54)15-13-45(81-58)28-42(68)29-47-52(31-51(80-44)39(37)3)83-53(56(47)73-6)30-43(69)34-64-59(71)77-35-40-8-10-41(11-9-40)67(60(72)78-36-61(4,5)87-86-7)19-21-75-23-25-76-24-22-74-20-18-65-66-63/h8-11,37,43-58,69-70H,2-3,12-36H2,1,4-7H3,(H,64,71)/t37-,43+,44+,45-,46+,47+,48-,49+,50+,51-,52+,53-,54-,55-,56-,57+,58+,62-/m1/s1. The van der Waals surface area contributed by atoms with Crippen molar-refractivity contribution >= 4 is 45.2 Å². The number of rotatable bonds is 24. The molecule has 3 N–H and O–H groups in total. The minimum Gasteiger partial charge on any atom is -0.448 e. The third kappa shape index (κ3) is 18.6. The number of ether oxygens (including phenoxy) is 13. The van der Waals surface area contributed by atoms with E-state index in [0.717, 1.165) is 36.8 Å². The average molecular weight is 1260 g/mol. The number of aliphatic hydroxyl groups excluding tert-OH is 2. The number of Topliss-reactive ketones (excluding diaryl/α,β-unsaturated/α-hetero) is 1. The molecule has 8 heterocycles. The monoisotopic (exact) mass is 1260 g/mol. The number of benzene rings is 1. The number of carbonyl (C=O) groups excluding carboxylic acids is 3. The van der Waals surface area contributed by atoms with Crippen LogP contribution >= 0.6 is 21.6 Å². The fourth-order valence-electron chi connectivity index (χ4n) is 13.7. The molecule has 8 saturated heterocycles. The van der Waals surface area contributed by atoms with E-state index in [-0.39, 0.29) is 124 Å². The molecule has 23 nitrogen and oxygen atoms in total. The molecule has 9 rings (SSSR count). The predicted octanol–water partition coefficient (Wildman–Crippen LogP) is 8.48. The zero-order valence-corrected chi connectivity index (χ0v) is 52.9. The van der Waals surface area contributed by atoms with Crippen molar-refractivity contribution in [2.75, 3.05) is 84.1 Å². The van der Waals surface area contributed by atoms with Crippen LogP contribution in [0.25, 0.3) is 10.4 Å². The molecule has 486 valence electrons. The summed E-state index contributed by atoms with van der Waals surface area (Å²) in [5.41, 5.74) is 11.6. The van der Waals surface area contributed by atoms with Crippen molar-refractivity contribution in [3.05, 3.63) is 64.6 Å². The second-order valence-corrected chi connectivity index (χ2v) is 28.2. The summed E-state index contributed by atoms with van der Waals surface area (Å²) in [5, 5.41) is 28.9. The Bertz CT molecular complexity index is 2500. The van der Waals surface area contributed by atoms with Crippen LogP contribution in [0.5, 0.6) is 0 Å². The van der Waals surface area contributed by atoms with Gasteiger partial charge in [-0.3, -0.25) is 9.69 Å². The molecule has 18 atom stereocenters. The molecule has 1 aromatic carbocycles. The van der Waals surface area contributed by atoms with Crippen molar-refractivity contribution in [3.8, 4) is 0 Å². The molecule has 0 unspecified atom stereocenters. The van der Waals surface area contributed by atoms with Gasteiger partial charge in [-0.05, 0) is 105 Å². The lowest BCUT2D eigenvalue weighted by Crippen LogP contribution is -2.58. The Morgan fingerprint density at radius 3 is 2.34 bits per heavy atom. The van der Waals surface area contributed by atoms with Gasteiger partial charge in [0, 0.05) is 81.7 Å². The van der Waals surface area contributed by atoms with Gasteiger partial charge in [-0.2, -0.15) is 0 Å². The molecule has 1 spiro atoms. The summed E-state index contributed by atoms with van der Waals surface area (Å²) in [7, 11) is 4.81. The van der Waals surface area contributed by atoms with Crippen molar-refractivity contribution in [2.24, 2.45) is 17.0 Å². The van der Waals surface area contributed by atoms with Gasteiger partial charge < -0.3 is 77.1 Å². The smallest absolute Gasteiger partial charge is 0.414 e. The van der Waals surface area contributed by atoms with E-state index in [0.29, 0.717) is 89.2 Å². The normalized spacial score (nSPS) is 34.7. The zero-order valence-electron chi connectivity index (χ0n) is 51.2. The van der Waals surface area contributed by atoms with Gasteiger partial charge in [-0.15, -0.1) is 0 Å². The summed E-state index contributed by atoms with van der Waals surface area (Å²) in [4.78, 5) is 45.3. The number of azide groups is 1. The van der Waals surface area contributed by atoms with Crippen molar-refractivity contribution in [3.63, 3.8) is 0 Å². The number of anilines is 1. The third-order valence-corrected chi connectivity index (χ3v) is 20.7. The van der Waals surface area contributed by atoms with Crippen LogP contribution in [-0.4, -0.2) is 210 Å². The van der Waals surface area contributed by atoms with E-state index < -0.39 is 66.6 Å². The number of nitrogens with zero attached hydrogens (tertiary/aromatic N) is 4. The fourth-order valence-corrected chi connectivity index (χ4v) is 15.8. The molecule has 8 aliphatic rings. The minimum atomic E-state index is -1.06. The van der Waals surface area contributed by atoms with E-state index >= 15 is 0 Å². The quantitative estimate of drug-likeness (QED) is 0.0218. The highest BCUT2D eigenvalue weighted by atomic mass is 33.1. The lowest BCUT2D eigenvalue weighted by molar-refractivity contribution is -0.277. The summed E-state index contributed by atoms with van der Waals surface area (Å²) in [6.45, 7) is 17.4. The fraction of sp³-hybridized carbons (Fsp3) is 0.790. The second-order valence-electron chi connectivity index (χ2n) is 25.1. The SMILES string of the molecule is C=C1C[C@@H]2CC[C@]34C[C@@H](O)[C@H](O3)[C@H]3C[C@@H](O4)[C@H]4O[C@H](CC[C@@H]4O3)CC(=O)C[C@@H]3[C@@H](OC)[C@@H](C[C@H](O)CNC(=O)OCc4ccc(N(CCOCCOCCOCCN=[N+]=[N-])C(=O)OCC(C)(C)SSC)cc4)O[C@H]3C[C@H]3O[C@@H](CC[C@@H]1O2)C[C@@H](C)C3=C. The van der Waals surface area contributed by atoms with Gasteiger partial charge in [0.2, 0.25) is 0 Å². The Morgan fingerprint density at radius 2 is 1.59 bits per heavy atom. The molecular formula is C62H93N5O18S2. The Hall–Kier alpha value is -3.60. The summed E-state index contributed by atoms with van der Waals surface area (Å²) < 4.78 is 81.4. The number of hydrogen-bond donors (Lipinski definition) is 3. The molecule has 87 heavy (non-hydrogen) atoms. The van der Waals surface area contributed by atoms with Gasteiger partial charge in [-0.1, -0.05) is 58.9 Å². The van der Waals surface area contributed by atoms with Gasteiger partial charge >= 0.3 is 12.2 Å². The summed E-state index contributed by atoms with van der Waals surface area (Å²) in [6.07, 6.45) is 1.73. The number of nitrogens with one attached hydrogen (secondary N) is 1. The van der Waals surface area contributed by atoms with Crippen LogP contribution in [0.3, 0.4) is 0 Å². The van der Waals surface area contributed by atoms with Gasteiger partial charge in [0.25, 0.3) is 0 Å². The highest BCUT2D eigenvalue weighted by molar-refractivity contribution is 8.77. The maximum absolute atomic E-state index is 14.5. The van der Waals surface area contributed by atoms with Gasteiger partial charge in [0.05, 0.1) is 130 Å². The summed E-state index contributed by atoms with van der Waals surface area (Å²) in [5.74, 6) is -1.22. The molecule has 8 aliphatic heterocycles. The Labute approximate surface area is 519 Å². The Kier molecular flexibility index (Phi) is 25.0. The lowest BCUT2D eigenvalue weighted by atomic mass is 9.81. The van der Waals surface area contributed by atoms with Crippen LogP contribution in [0.15, 0.2) is 53.7 Å². The predicted molar refractivity (Wildman–Crippen MR) is 324 cm³/mol. The lowest BCUT2D eigenvalue weighted by Gasteiger charge is -2.47. The molecule has 0 saturated carbocycles. The van der Waals surface area contributed by atoms with Crippen LogP contribution in [0, 0.1) is 11.8 Å². The van der Waals surface area contributed by atoms with Crippen molar-refractivity contribution in [1.29, 1.82) is 0 Å². The summed E-state index contributed by atoms with van der Waals surface area (Å²) >= 11 is 0. The van der Waals surface area contributed by atoms with Crippen LogP contribution in [0.2, 0.25) is 0 Å². The highest BCUT2D eigenvalue weighted by Crippen LogP contribution is 2.49. The van der Waals surface area contributed by atoms with Crippen molar-refractivity contribution < 1.29 is 86.2 Å². The first-order valence-electron chi connectivity index (χ1n) is 31.2. The Balaban J connectivity index is 0.799. The number of methoxy groups -OCH3 is 1. The zero-order chi connectivity index (χ0) is 61.7. The maximum Gasteiger partial charge on any atom is 0.414 e. The van der Waals surface area contributed by atoms with E-state index in [1.807, 2.05) is 20.1 Å². The molecule has 2 amide bonds. The number of alkyl carbamates (subject to hydrolysis) is 1. The molecule has 25 heteroatoms. The number of aliphatic hydroxyl groups is 2. The molecule has 1 aromatic rings. The van der Waals surface area contributed by atoms with Crippen molar-refractivity contribution in [1.82, 2.24) is 5.32 Å². The minimum absolute atomic E-state index is 0.00875. The second kappa shape index (κ2) is 32.1. The summed E-state index contributed by atoms with van der Waals surface area (Å²) in [6, 6.07) is 7.00. The van der Waals surface area contributed by atoms with Gasteiger partial charge in [-0.25, -0.2) is 9.59 Å². The highest BCUT2D eigenvalue weighted by Gasteiger charge is 2.60. The van der Waals surface area contributed by atoms with Gasteiger partial charge in [0.1, 0.15) is 31.2 Å². The number of amides is 2. The number of hydrogen-bond acceptors (Lipinski definition) is 21. The average Bonchev–Trinajstić information content (AvgIpc) is 1.79. The van der Waals surface area contributed by atoms with Gasteiger partial charge in [0.15, 0.2) is 5.79 Å². The van der Waals surface area contributed by atoms with Crippen LogP contribution in [-0.2, 0) is 73.0 Å². The number of fused-ring (bicyclic) bond motifs is 9. The van der Waals surface area contributed by atoms with Crippen LogP contribution in [0.4, 0.5) is 15.3 Å². The first-order valence-corrected chi connectivity index (χ1v) is 33.8. The van der Waals surface area contributed by atoms with E-state index in [9.17, 15) is 24.6 Å². The van der Waals surface area contributed by atoms with Crippen LogP contribution < -0.4 is 10.2 Å². The molecule has 0 radical (unpaired) electrons. The molecular weight excluding hydrogens is 1170 g/mol. The van der Waals surface area contributed by atoms with E-state index in [1.165, 1.54) is 4.90 Å². The van der Waals surface area contributed by atoms with Crippen molar-refractivity contribution in [2.45, 2.75) is 219 Å². The first kappa shape index (κ1) is 67.8. The number of ketones is 1. The topological polar surface area (TPSA) is 276 Å². The van der Waals surface area contributed by atoms with E-state index in [4.69, 9.17) is 67.1 Å². The first-order chi connectivity index (χ1) is 41.9. The maximum atomic E-state index is 14.5. The molecule has 0 aromatic heterocycles. The largest absolute Gasteiger partial charge is 0.448 e. The molecule has 8 fully saturated rings. The molecule has 10 bridgehead atoms.